The number of carboxylic acids is 1. The van der Waals surface area contributed by atoms with Gasteiger partial charge in [0.05, 0.1) is 5.56 Å². The Kier molecular flexibility index (Phi) is 6.55. The van der Waals surface area contributed by atoms with E-state index in [0.717, 1.165) is 29.9 Å². The fraction of sp³-hybridized carbons (Fsp3) is 0.320. The Bertz CT molecular complexity index is 1000. The monoisotopic (exact) mass is 390 g/mol. The van der Waals surface area contributed by atoms with Gasteiger partial charge in [-0.1, -0.05) is 59.7 Å². The van der Waals surface area contributed by atoms with Gasteiger partial charge in [0.15, 0.2) is 0 Å². The zero-order valence-corrected chi connectivity index (χ0v) is 17.7. The van der Waals surface area contributed by atoms with Crippen LogP contribution in [0.4, 0.5) is 0 Å². The summed E-state index contributed by atoms with van der Waals surface area (Å²) >= 11 is 0. The number of nitrogens with zero attached hydrogens (tertiary/aromatic N) is 1. The van der Waals surface area contributed by atoms with Crippen molar-refractivity contribution in [3.05, 3.63) is 93.3 Å². The van der Waals surface area contributed by atoms with Crippen LogP contribution in [0.3, 0.4) is 0 Å². The Hall–Kier alpha value is -2.85. The van der Waals surface area contributed by atoms with Gasteiger partial charge in [0.25, 0.3) is 0 Å². The first-order valence-corrected chi connectivity index (χ1v) is 10.1. The maximum absolute atomic E-state index is 12.0. The molecular formula is C25H30N2O2. The number of rotatable bonds is 8. The molecule has 3 rings (SSSR count). The summed E-state index contributed by atoms with van der Waals surface area (Å²) in [5.74, 6) is -0.857. The molecule has 0 fully saturated rings. The topological polar surface area (TPSA) is 54.3 Å². The number of aromatic carboxylic acids is 1. The van der Waals surface area contributed by atoms with Gasteiger partial charge in [-0.25, -0.2) is 4.79 Å². The second kappa shape index (κ2) is 9.10. The number of carboxylic acid groups (broad SMARTS) is 1. The van der Waals surface area contributed by atoms with Crippen molar-refractivity contribution in [2.45, 2.75) is 47.2 Å². The number of aryl methyl sites for hydroxylation is 2. The fourth-order valence-corrected chi connectivity index (χ4v) is 3.88. The average molecular weight is 391 g/mol. The van der Waals surface area contributed by atoms with E-state index < -0.39 is 5.97 Å². The normalized spacial score (nSPS) is 11.0. The number of nitrogens with one attached hydrogen (secondary N) is 1. The molecule has 0 aliphatic heterocycles. The third-order valence-corrected chi connectivity index (χ3v) is 5.56. The standard InChI is InChI=1S/C25H30N2O2/c1-17-8-10-21(11-9-17)12-13-26-15-23-19(3)27(20(4)24(23)25(28)29)16-22-7-5-6-18(2)14-22/h5-11,14,26H,12-13,15-16H2,1-4H3,(H,28,29). The van der Waals surface area contributed by atoms with Gasteiger partial charge >= 0.3 is 5.97 Å². The van der Waals surface area contributed by atoms with E-state index >= 15 is 0 Å². The predicted molar refractivity (Wildman–Crippen MR) is 118 cm³/mol. The second-order valence-electron chi connectivity index (χ2n) is 7.82. The number of hydrogen-bond acceptors (Lipinski definition) is 2. The highest BCUT2D eigenvalue weighted by molar-refractivity contribution is 5.91. The van der Waals surface area contributed by atoms with E-state index in [9.17, 15) is 9.90 Å². The Balaban J connectivity index is 1.75. The van der Waals surface area contributed by atoms with Crippen LogP contribution in [0, 0.1) is 27.7 Å². The minimum atomic E-state index is -0.857. The Morgan fingerprint density at radius 1 is 0.931 bits per heavy atom. The molecule has 0 aliphatic rings. The first-order chi connectivity index (χ1) is 13.9. The van der Waals surface area contributed by atoms with Crippen molar-refractivity contribution in [1.29, 1.82) is 0 Å². The van der Waals surface area contributed by atoms with Gasteiger partial charge in [0, 0.05) is 30.0 Å². The third-order valence-electron chi connectivity index (χ3n) is 5.56. The van der Waals surface area contributed by atoms with Gasteiger partial charge < -0.3 is 15.0 Å². The lowest BCUT2D eigenvalue weighted by Crippen LogP contribution is -2.18. The lowest BCUT2D eigenvalue weighted by molar-refractivity contribution is 0.0694. The van der Waals surface area contributed by atoms with Crippen molar-refractivity contribution < 1.29 is 9.90 Å². The van der Waals surface area contributed by atoms with E-state index in [-0.39, 0.29) is 0 Å². The zero-order valence-electron chi connectivity index (χ0n) is 17.7. The van der Waals surface area contributed by atoms with Gasteiger partial charge in [-0.2, -0.15) is 0 Å². The van der Waals surface area contributed by atoms with Crippen LogP contribution in [-0.2, 0) is 19.5 Å². The van der Waals surface area contributed by atoms with Gasteiger partial charge in [-0.15, -0.1) is 0 Å². The Morgan fingerprint density at radius 2 is 1.66 bits per heavy atom. The zero-order chi connectivity index (χ0) is 21.0. The van der Waals surface area contributed by atoms with Crippen molar-refractivity contribution in [3.63, 3.8) is 0 Å². The summed E-state index contributed by atoms with van der Waals surface area (Å²) in [7, 11) is 0. The van der Waals surface area contributed by atoms with Crippen LogP contribution >= 0.6 is 0 Å². The second-order valence-corrected chi connectivity index (χ2v) is 7.82. The van der Waals surface area contributed by atoms with Gasteiger partial charge in [0.2, 0.25) is 0 Å². The number of carbonyl (C=O) groups is 1. The lowest BCUT2D eigenvalue weighted by atomic mass is 10.1. The largest absolute Gasteiger partial charge is 0.478 e. The summed E-state index contributed by atoms with van der Waals surface area (Å²) in [6, 6.07) is 16.9. The van der Waals surface area contributed by atoms with Crippen molar-refractivity contribution in [1.82, 2.24) is 9.88 Å². The summed E-state index contributed by atoms with van der Waals surface area (Å²) < 4.78 is 2.12. The summed E-state index contributed by atoms with van der Waals surface area (Å²) in [6.07, 6.45) is 0.921. The molecule has 4 nitrogen and oxygen atoms in total. The van der Waals surface area contributed by atoms with E-state index in [1.54, 1.807) is 0 Å². The number of benzene rings is 2. The molecule has 0 amide bonds. The third kappa shape index (κ3) is 4.96. The summed E-state index contributed by atoms with van der Waals surface area (Å²) in [6.45, 7) is 10.1. The molecule has 0 saturated carbocycles. The van der Waals surface area contributed by atoms with Crippen molar-refractivity contribution >= 4 is 5.97 Å². The molecule has 0 atom stereocenters. The van der Waals surface area contributed by atoms with Gasteiger partial charge in [0.1, 0.15) is 0 Å². The van der Waals surface area contributed by atoms with Crippen molar-refractivity contribution in [2.24, 2.45) is 0 Å². The van der Waals surface area contributed by atoms with Crippen LogP contribution in [0.1, 0.15) is 49.6 Å². The molecule has 3 aromatic rings. The molecule has 2 aromatic carbocycles. The SMILES string of the molecule is Cc1ccc(CCNCc2c(C(=O)O)c(C)n(Cc3cccc(C)c3)c2C)cc1. The maximum Gasteiger partial charge on any atom is 0.337 e. The van der Waals surface area contributed by atoms with E-state index in [4.69, 9.17) is 0 Å². The molecule has 152 valence electrons. The van der Waals surface area contributed by atoms with E-state index in [1.165, 1.54) is 22.3 Å². The minimum absolute atomic E-state index is 0.429. The first kappa shape index (κ1) is 20.9. The number of aromatic nitrogens is 1. The van der Waals surface area contributed by atoms with Gasteiger partial charge in [-0.05, 0) is 51.8 Å². The summed E-state index contributed by atoms with van der Waals surface area (Å²) in [4.78, 5) is 12.0. The highest BCUT2D eigenvalue weighted by Gasteiger charge is 2.22. The highest BCUT2D eigenvalue weighted by Crippen LogP contribution is 2.24. The molecule has 2 N–H and O–H groups in total. The number of hydrogen-bond donors (Lipinski definition) is 2. The lowest BCUT2D eigenvalue weighted by Gasteiger charge is -2.11. The van der Waals surface area contributed by atoms with Crippen molar-refractivity contribution in [2.75, 3.05) is 6.54 Å². The molecular weight excluding hydrogens is 360 g/mol. The Labute approximate surface area is 173 Å². The predicted octanol–water partition coefficient (Wildman–Crippen LogP) is 4.80. The van der Waals surface area contributed by atoms with Crippen LogP contribution in [0.15, 0.2) is 48.5 Å². The molecule has 0 aliphatic carbocycles. The van der Waals surface area contributed by atoms with Gasteiger partial charge in [-0.3, -0.25) is 0 Å². The summed E-state index contributed by atoms with van der Waals surface area (Å²) in [5, 5.41) is 13.3. The molecule has 0 unspecified atom stereocenters. The smallest absolute Gasteiger partial charge is 0.337 e. The van der Waals surface area contributed by atoms with Crippen LogP contribution in [0.25, 0.3) is 0 Å². The quantitative estimate of drug-likeness (QED) is 0.543. The van der Waals surface area contributed by atoms with Crippen LogP contribution in [0.2, 0.25) is 0 Å². The molecule has 0 saturated heterocycles. The fourth-order valence-electron chi connectivity index (χ4n) is 3.88. The Morgan fingerprint density at radius 3 is 2.31 bits per heavy atom. The van der Waals surface area contributed by atoms with Crippen LogP contribution < -0.4 is 5.32 Å². The molecule has 0 bridgehead atoms. The molecule has 1 heterocycles. The highest BCUT2D eigenvalue weighted by atomic mass is 16.4. The van der Waals surface area contributed by atoms with Crippen LogP contribution in [0.5, 0.6) is 0 Å². The van der Waals surface area contributed by atoms with E-state index in [0.29, 0.717) is 18.7 Å². The average Bonchev–Trinajstić information content (AvgIpc) is 2.91. The maximum atomic E-state index is 12.0. The molecule has 0 radical (unpaired) electrons. The molecule has 29 heavy (non-hydrogen) atoms. The molecule has 4 heteroatoms. The molecule has 0 spiro atoms. The summed E-state index contributed by atoms with van der Waals surface area (Å²) in [5.41, 5.74) is 8.07. The van der Waals surface area contributed by atoms with E-state index in [1.807, 2.05) is 19.9 Å². The first-order valence-electron chi connectivity index (χ1n) is 10.1. The van der Waals surface area contributed by atoms with Crippen molar-refractivity contribution in [3.8, 4) is 0 Å². The van der Waals surface area contributed by atoms with Crippen LogP contribution in [-0.4, -0.2) is 22.2 Å². The minimum Gasteiger partial charge on any atom is -0.478 e. The molecule has 1 aromatic heterocycles. The van der Waals surface area contributed by atoms with E-state index in [2.05, 4.69) is 66.2 Å².